The lowest BCUT2D eigenvalue weighted by molar-refractivity contribution is -0.141. The number of aliphatic hydroxyl groups excluding tert-OH is 1. The van der Waals surface area contributed by atoms with E-state index in [-0.39, 0.29) is 5.56 Å². The summed E-state index contributed by atoms with van der Waals surface area (Å²) >= 11 is 0. The third-order valence-corrected chi connectivity index (χ3v) is 2.90. The molecule has 0 bridgehead atoms. The number of aliphatic carboxylic acids is 1. The predicted octanol–water partition coefficient (Wildman–Crippen LogP) is 0.436. The fraction of sp³-hybridized carbons (Fsp3) is 0.214. The summed E-state index contributed by atoms with van der Waals surface area (Å²) in [6.07, 6.45) is 1.63. The molecule has 110 valence electrons. The number of carbonyl (C=O) groups excluding carboxylic acids is 1. The number of carboxylic acid groups (broad SMARTS) is 1. The largest absolute Gasteiger partial charge is 0.480 e. The molecule has 3 N–H and O–H groups in total. The number of nitrogens with zero attached hydrogens (tertiary/aromatic N) is 2. The zero-order chi connectivity index (χ0) is 15.4. The number of para-hydroxylation sites is 1. The molecule has 21 heavy (non-hydrogen) atoms. The zero-order valence-corrected chi connectivity index (χ0v) is 11.3. The first-order chi connectivity index (χ1) is 9.99. The quantitative estimate of drug-likeness (QED) is 0.740. The average molecular weight is 289 g/mol. The van der Waals surface area contributed by atoms with Gasteiger partial charge < -0.3 is 15.5 Å². The Bertz CT molecular complexity index is 637. The predicted molar refractivity (Wildman–Crippen MR) is 74.1 cm³/mol. The van der Waals surface area contributed by atoms with E-state index in [4.69, 9.17) is 5.11 Å². The minimum absolute atomic E-state index is 0.214. The van der Waals surface area contributed by atoms with Crippen molar-refractivity contribution in [2.75, 3.05) is 0 Å². The number of amides is 1. The van der Waals surface area contributed by atoms with Crippen LogP contribution in [-0.4, -0.2) is 44.0 Å². The highest BCUT2D eigenvalue weighted by molar-refractivity contribution is 5.96. The number of hydrogen-bond donors (Lipinski definition) is 3. The van der Waals surface area contributed by atoms with Gasteiger partial charge >= 0.3 is 5.97 Å². The number of hydrogen-bond acceptors (Lipinski definition) is 4. The Hall–Kier alpha value is -2.67. The van der Waals surface area contributed by atoms with Crippen LogP contribution in [0.3, 0.4) is 0 Å². The van der Waals surface area contributed by atoms with Gasteiger partial charge in [0.2, 0.25) is 0 Å². The van der Waals surface area contributed by atoms with Crippen LogP contribution in [0.5, 0.6) is 0 Å². The van der Waals surface area contributed by atoms with E-state index in [2.05, 4.69) is 10.4 Å². The van der Waals surface area contributed by atoms with Crippen LogP contribution >= 0.6 is 0 Å². The average Bonchev–Trinajstić information content (AvgIpc) is 2.94. The van der Waals surface area contributed by atoms with Crippen LogP contribution in [0.15, 0.2) is 42.7 Å². The van der Waals surface area contributed by atoms with Crippen LogP contribution < -0.4 is 5.32 Å². The van der Waals surface area contributed by atoms with Gasteiger partial charge in [0.25, 0.3) is 5.91 Å². The highest BCUT2D eigenvalue weighted by atomic mass is 16.4. The number of aromatic nitrogens is 2. The molecule has 1 heterocycles. The lowest BCUT2D eigenvalue weighted by Crippen LogP contribution is -2.47. The molecule has 0 aliphatic rings. The highest BCUT2D eigenvalue weighted by Gasteiger charge is 2.25. The Morgan fingerprint density at radius 3 is 2.52 bits per heavy atom. The van der Waals surface area contributed by atoms with Gasteiger partial charge in [0.05, 0.1) is 23.6 Å². The molecule has 2 unspecified atom stereocenters. The molecule has 0 aliphatic heterocycles. The molecule has 0 saturated heterocycles. The second-order valence-electron chi connectivity index (χ2n) is 4.54. The summed E-state index contributed by atoms with van der Waals surface area (Å²) in [5.41, 5.74) is 0.993. The third-order valence-electron chi connectivity index (χ3n) is 2.90. The Morgan fingerprint density at radius 1 is 1.29 bits per heavy atom. The van der Waals surface area contributed by atoms with Gasteiger partial charge in [-0.25, -0.2) is 9.48 Å². The lowest BCUT2D eigenvalue weighted by Gasteiger charge is -2.16. The van der Waals surface area contributed by atoms with Gasteiger partial charge in [-0.15, -0.1) is 0 Å². The summed E-state index contributed by atoms with van der Waals surface area (Å²) in [7, 11) is 0. The van der Waals surface area contributed by atoms with E-state index in [0.29, 0.717) is 0 Å². The maximum Gasteiger partial charge on any atom is 0.328 e. The van der Waals surface area contributed by atoms with Crippen molar-refractivity contribution in [3.05, 3.63) is 48.3 Å². The molecule has 0 saturated carbocycles. The molecular weight excluding hydrogens is 274 g/mol. The smallest absolute Gasteiger partial charge is 0.328 e. The SMILES string of the molecule is CC(O)C(NC(=O)c1cnn(-c2ccccc2)c1)C(=O)O. The number of nitrogens with one attached hydrogen (secondary N) is 1. The number of aliphatic hydroxyl groups is 1. The lowest BCUT2D eigenvalue weighted by atomic mass is 10.1. The van der Waals surface area contributed by atoms with E-state index in [0.717, 1.165) is 5.69 Å². The molecule has 7 nitrogen and oxygen atoms in total. The van der Waals surface area contributed by atoms with Crippen LogP contribution in [0, 0.1) is 0 Å². The summed E-state index contributed by atoms with van der Waals surface area (Å²) in [5.74, 6) is -1.90. The van der Waals surface area contributed by atoms with E-state index < -0.39 is 24.0 Å². The van der Waals surface area contributed by atoms with Crippen LogP contribution in [0.1, 0.15) is 17.3 Å². The molecule has 2 aromatic rings. The van der Waals surface area contributed by atoms with E-state index in [9.17, 15) is 14.7 Å². The van der Waals surface area contributed by atoms with Crippen molar-refractivity contribution < 1.29 is 19.8 Å². The van der Waals surface area contributed by atoms with Crippen molar-refractivity contribution in [3.63, 3.8) is 0 Å². The molecule has 2 rings (SSSR count). The van der Waals surface area contributed by atoms with Gasteiger partial charge in [-0.3, -0.25) is 4.79 Å². The first-order valence-corrected chi connectivity index (χ1v) is 6.31. The van der Waals surface area contributed by atoms with Crippen molar-refractivity contribution in [3.8, 4) is 5.69 Å². The van der Waals surface area contributed by atoms with Crippen LogP contribution in [0.2, 0.25) is 0 Å². The number of carbonyl (C=O) groups is 2. The second kappa shape index (κ2) is 6.19. The van der Waals surface area contributed by atoms with Crippen molar-refractivity contribution >= 4 is 11.9 Å². The van der Waals surface area contributed by atoms with Gasteiger partial charge in [0.15, 0.2) is 6.04 Å². The maximum absolute atomic E-state index is 12.0. The van der Waals surface area contributed by atoms with Crippen LogP contribution in [0.25, 0.3) is 5.69 Å². The van der Waals surface area contributed by atoms with E-state index in [1.165, 1.54) is 24.0 Å². The van der Waals surface area contributed by atoms with E-state index in [1.54, 1.807) is 0 Å². The van der Waals surface area contributed by atoms with Crippen molar-refractivity contribution in [2.45, 2.75) is 19.1 Å². The Balaban J connectivity index is 2.14. The summed E-state index contributed by atoms with van der Waals surface area (Å²) in [4.78, 5) is 22.9. The first kappa shape index (κ1) is 14.7. The summed E-state index contributed by atoms with van der Waals surface area (Å²) in [6, 6.07) is 7.82. The molecule has 1 aromatic carbocycles. The van der Waals surface area contributed by atoms with E-state index >= 15 is 0 Å². The monoisotopic (exact) mass is 289 g/mol. The molecule has 7 heteroatoms. The van der Waals surface area contributed by atoms with Crippen LogP contribution in [0.4, 0.5) is 0 Å². The van der Waals surface area contributed by atoms with Gasteiger partial charge in [0, 0.05) is 6.20 Å². The molecule has 1 amide bonds. The molecule has 2 atom stereocenters. The van der Waals surface area contributed by atoms with E-state index in [1.807, 2.05) is 30.3 Å². The van der Waals surface area contributed by atoms with Gasteiger partial charge in [0.1, 0.15) is 0 Å². The Labute approximate surface area is 120 Å². The topological polar surface area (TPSA) is 104 Å². The van der Waals surface area contributed by atoms with Crippen molar-refractivity contribution in [2.24, 2.45) is 0 Å². The summed E-state index contributed by atoms with van der Waals surface area (Å²) in [6.45, 7) is 1.30. The molecule has 0 spiro atoms. The zero-order valence-electron chi connectivity index (χ0n) is 11.3. The minimum atomic E-state index is -1.36. The van der Waals surface area contributed by atoms with Gasteiger partial charge in [-0.05, 0) is 19.1 Å². The van der Waals surface area contributed by atoms with Crippen molar-refractivity contribution in [1.29, 1.82) is 0 Å². The highest BCUT2D eigenvalue weighted by Crippen LogP contribution is 2.08. The fourth-order valence-electron chi connectivity index (χ4n) is 1.78. The summed E-state index contributed by atoms with van der Waals surface area (Å²) in [5, 5.41) is 24.6. The fourth-order valence-corrected chi connectivity index (χ4v) is 1.78. The standard InChI is InChI=1S/C14H15N3O4/c1-9(18)12(14(20)21)16-13(19)10-7-15-17(8-10)11-5-3-2-4-6-11/h2-9,12,18H,1H3,(H,16,19)(H,20,21). The molecule has 0 radical (unpaired) electrons. The second-order valence-corrected chi connectivity index (χ2v) is 4.54. The first-order valence-electron chi connectivity index (χ1n) is 6.31. The Morgan fingerprint density at radius 2 is 1.95 bits per heavy atom. The number of rotatable bonds is 5. The molecule has 0 fully saturated rings. The molecule has 0 aliphatic carbocycles. The van der Waals surface area contributed by atoms with Crippen LogP contribution in [-0.2, 0) is 4.79 Å². The van der Waals surface area contributed by atoms with Gasteiger partial charge in [-0.1, -0.05) is 18.2 Å². The maximum atomic E-state index is 12.0. The normalized spacial score (nSPS) is 13.4. The summed E-state index contributed by atoms with van der Waals surface area (Å²) < 4.78 is 1.51. The number of carboxylic acids is 1. The van der Waals surface area contributed by atoms with Crippen molar-refractivity contribution in [1.82, 2.24) is 15.1 Å². The Kier molecular flexibility index (Phi) is 4.34. The van der Waals surface area contributed by atoms with Gasteiger partial charge in [-0.2, -0.15) is 5.10 Å². The molecular formula is C14H15N3O4. The minimum Gasteiger partial charge on any atom is -0.480 e. The number of benzene rings is 1. The third kappa shape index (κ3) is 3.46. The molecule has 1 aromatic heterocycles.